The quantitative estimate of drug-likeness (QED) is 0.378. The summed E-state index contributed by atoms with van der Waals surface area (Å²) in [5.41, 5.74) is 0. The van der Waals surface area contributed by atoms with Crippen LogP contribution in [0.3, 0.4) is 0 Å². The van der Waals surface area contributed by atoms with Gasteiger partial charge in [0.2, 0.25) is 11.8 Å². The smallest absolute Gasteiger partial charge is 0.322 e. The number of hydrogen-bond acceptors (Lipinski definition) is 8. The summed E-state index contributed by atoms with van der Waals surface area (Å²) in [6.45, 7) is 0. The largest absolute Gasteiger partial charge is 0.494 e. The van der Waals surface area contributed by atoms with E-state index in [1.807, 2.05) is 0 Å². The third-order valence-corrected chi connectivity index (χ3v) is 8.94. The lowest BCUT2D eigenvalue weighted by Gasteiger charge is -2.19. The van der Waals surface area contributed by atoms with E-state index in [0.29, 0.717) is 9.81 Å². The van der Waals surface area contributed by atoms with E-state index < -0.39 is 12.1 Å². The molecule has 2 unspecified atom stereocenters. The molecule has 4 amide bonds. The van der Waals surface area contributed by atoms with E-state index in [2.05, 4.69) is 21.3 Å². The fraction of sp³-hybridized carbons (Fsp3) is 0.200. The molecule has 0 saturated carbocycles. The summed E-state index contributed by atoms with van der Waals surface area (Å²) in [7, 11) is 0. The van der Waals surface area contributed by atoms with E-state index in [9.17, 15) is 19.8 Å². The summed E-state index contributed by atoms with van der Waals surface area (Å²) in [4.78, 5) is 24.0. The molecule has 0 radical (unpaired) electrons. The van der Waals surface area contributed by atoms with Crippen LogP contribution in [0.15, 0.2) is 30.1 Å². The van der Waals surface area contributed by atoms with Crippen molar-refractivity contribution in [2.75, 3.05) is 0 Å². The van der Waals surface area contributed by atoms with Gasteiger partial charge in [0.05, 0.1) is 18.3 Å². The molecule has 0 aromatic heterocycles. The van der Waals surface area contributed by atoms with Crippen LogP contribution in [0, 0.1) is 0 Å². The average molecular weight is 376 g/mol. The van der Waals surface area contributed by atoms with Gasteiger partial charge in [-0.2, -0.15) is 0 Å². The van der Waals surface area contributed by atoms with Crippen molar-refractivity contribution in [1.82, 2.24) is 21.3 Å². The minimum Gasteiger partial charge on any atom is -0.494 e. The van der Waals surface area contributed by atoms with Gasteiger partial charge in [-0.15, -0.1) is 0 Å². The predicted molar refractivity (Wildman–Crippen MR) is 87.6 cm³/mol. The van der Waals surface area contributed by atoms with E-state index in [-0.39, 0.29) is 22.5 Å². The van der Waals surface area contributed by atoms with Gasteiger partial charge in [-0.25, -0.2) is 9.59 Å². The van der Waals surface area contributed by atoms with Crippen molar-refractivity contribution in [1.29, 1.82) is 0 Å². The van der Waals surface area contributed by atoms with Crippen molar-refractivity contribution in [3.05, 3.63) is 30.1 Å². The van der Waals surface area contributed by atoms with Gasteiger partial charge in [-0.1, -0.05) is 47.0 Å². The summed E-state index contributed by atoms with van der Waals surface area (Å²) in [6.07, 6.45) is 0. The van der Waals surface area contributed by atoms with Crippen LogP contribution in [0.2, 0.25) is 0 Å². The maximum atomic E-state index is 11.4. The number of thioether (sulfide) groups is 4. The molecule has 22 heavy (non-hydrogen) atoms. The summed E-state index contributed by atoms with van der Waals surface area (Å²) in [5.74, 6) is -0.270. The predicted octanol–water partition coefficient (Wildman–Crippen LogP) is 1.80. The molecule has 4 aliphatic rings. The lowest BCUT2D eigenvalue weighted by atomic mass is 10.5. The van der Waals surface area contributed by atoms with Gasteiger partial charge in [-0.05, 0) is 0 Å². The van der Waals surface area contributed by atoms with Crippen molar-refractivity contribution in [2.24, 2.45) is 0 Å². The standard InChI is InChI=1S/C10H8N4O4S4/c15-3-1-5(13-9(17)11-3)21-7(19-1)8-20-2-4(16)12-10(18)14-6(2)22-8/h5-6,15-16H,(H2,11,13,17)(H2,12,14,18)/b8-7+. The third kappa shape index (κ3) is 2.30. The Hall–Kier alpha value is -1.24. The van der Waals surface area contributed by atoms with Crippen LogP contribution in [0.1, 0.15) is 0 Å². The molecular weight excluding hydrogens is 368 g/mol. The monoisotopic (exact) mass is 376 g/mol. The molecule has 0 spiro atoms. The van der Waals surface area contributed by atoms with E-state index in [0.717, 1.165) is 8.47 Å². The molecule has 4 heterocycles. The van der Waals surface area contributed by atoms with Crippen LogP contribution >= 0.6 is 47.0 Å². The molecule has 2 atom stereocenters. The summed E-state index contributed by atoms with van der Waals surface area (Å²) < 4.78 is 1.82. The number of carbonyl (C=O) groups is 2. The molecule has 0 aromatic rings. The van der Waals surface area contributed by atoms with E-state index in [1.165, 1.54) is 47.0 Å². The van der Waals surface area contributed by atoms with Gasteiger partial charge in [-0.3, -0.25) is 10.6 Å². The number of carbonyl (C=O) groups excluding carboxylic acids is 2. The topological polar surface area (TPSA) is 123 Å². The molecular formula is C10H8N4O4S4. The third-order valence-electron chi connectivity index (χ3n) is 2.95. The van der Waals surface area contributed by atoms with E-state index in [1.54, 1.807) is 0 Å². The summed E-state index contributed by atoms with van der Waals surface area (Å²) in [5, 5.41) is 29.1. The zero-order valence-corrected chi connectivity index (χ0v) is 13.8. The number of rotatable bonds is 0. The number of aliphatic hydroxyl groups excluding tert-OH is 2. The Balaban J connectivity index is 1.63. The van der Waals surface area contributed by atoms with Crippen molar-refractivity contribution in [2.45, 2.75) is 10.7 Å². The number of aliphatic hydroxyl groups is 2. The molecule has 4 rings (SSSR count). The van der Waals surface area contributed by atoms with Crippen LogP contribution in [-0.4, -0.2) is 33.0 Å². The van der Waals surface area contributed by atoms with Crippen LogP contribution in [0.4, 0.5) is 9.59 Å². The zero-order valence-electron chi connectivity index (χ0n) is 10.5. The molecule has 116 valence electrons. The first kappa shape index (κ1) is 14.4. The Morgan fingerprint density at radius 3 is 1.59 bits per heavy atom. The Bertz CT molecular complexity index is 645. The van der Waals surface area contributed by atoms with E-state index >= 15 is 0 Å². The molecule has 0 bridgehead atoms. The molecule has 2 fully saturated rings. The van der Waals surface area contributed by atoms with Gasteiger partial charge in [0.15, 0.2) is 0 Å². The van der Waals surface area contributed by atoms with Crippen molar-refractivity contribution in [3.8, 4) is 0 Å². The Kier molecular flexibility index (Phi) is 3.36. The first-order valence-corrected chi connectivity index (χ1v) is 9.35. The Morgan fingerprint density at radius 2 is 1.18 bits per heavy atom. The highest BCUT2D eigenvalue weighted by atomic mass is 32.2. The lowest BCUT2D eigenvalue weighted by Crippen LogP contribution is -2.45. The van der Waals surface area contributed by atoms with Crippen LogP contribution in [0.25, 0.3) is 0 Å². The highest BCUT2D eigenvalue weighted by Crippen LogP contribution is 2.60. The number of hydrogen-bond donors (Lipinski definition) is 6. The summed E-state index contributed by atoms with van der Waals surface area (Å²) in [6, 6.07) is -0.884. The van der Waals surface area contributed by atoms with Gasteiger partial charge < -0.3 is 20.8 Å². The van der Waals surface area contributed by atoms with Crippen LogP contribution in [-0.2, 0) is 0 Å². The number of urea groups is 2. The number of nitrogens with one attached hydrogen (secondary N) is 4. The summed E-state index contributed by atoms with van der Waals surface area (Å²) >= 11 is 5.57. The number of fused-ring (bicyclic) bond motifs is 2. The SMILES string of the molecule is O=C1NC(O)=C2S/C(=C3/SC4=C(O)NC(=O)NC4S3)SC2N1. The normalized spacial score (nSPS) is 33.8. The highest BCUT2D eigenvalue weighted by Gasteiger charge is 2.41. The number of amides is 4. The minimum absolute atomic E-state index is 0.135. The van der Waals surface area contributed by atoms with Crippen molar-refractivity contribution >= 4 is 59.1 Å². The molecule has 6 N–H and O–H groups in total. The Morgan fingerprint density at radius 1 is 0.773 bits per heavy atom. The van der Waals surface area contributed by atoms with Gasteiger partial charge >= 0.3 is 12.1 Å². The van der Waals surface area contributed by atoms with Gasteiger partial charge in [0.1, 0.15) is 10.7 Å². The molecule has 2 saturated heterocycles. The fourth-order valence-corrected chi connectivity index (χ4v) is 7.78. The van der Waals surface area contributed by atoms with Gasteiger partial charge in [0, 0.05) is 0 Å². The zero-order chi connectivity index (χ0) is 15.4. The fourth-order valence-electron chi connectivity index (χ4n) is 2.04. The maximum absolute atomic E-state index is 11.4. The second-order valence-electron chi connectivity index (χ2n) is 4.40. The second-order valence-corrected chi connectivity index (χ2v) is 9.25. The molecule has 0 aromatic carbocycles. The molecule has 12 heteroatoms. The van der Waals surface area contributed by atoms with Crippen molar-refractivity contribution in [3.63, 3.8) is 0 Å². The lowest BCUT2D eigenvalue weighted by molar-refractivity contribution is 0.231. The minimum atomic E-state index is -0.442. The highest BCUT2D eigenvalue weighted by molar-refractivity contribution is 8.33. The molecule has 8 nitrogen and oxygen atoms in total. The van der Waals surface area contributed by atoms with Crippen molar-refractivity contribution < 1.29 is 19.8 Å². The molecule has 4 aliphatic heterocycles. The first-order chi connectivity index (χ1) is 10.5. The van der Waals surface area contributed by atoms with E-state index in [4.69, 9.17) is 0 Å². The first-order valence-electron chi connectivity index (χ1n) is 5.96. The van der Waals surface area contributed by atoms with Gasteiger partial charge in [0.25, 0.3) is 0 Å². The maximum Gasteiger partial charge on any atom is 0.322 e. The Labute approximate surface area is 141 Å². The van der Waals surface area contributed by atoms with Crippen LogP contribution in [0.5, 0.6) is 0 Å². The average Bonchev–Trinajstić information content (AvgIpc) is 3.01. The molecule has 0 aliphatic carbocycles. The van der Waals surface area contributed by atoms with Crippen LogP contribution < -0.4 is 21.3 Å². The second kappa shape index (κ2) is 5.15.